The summed E-state index contributed by atoms with van der Waals surface area (Å²) < 4.78 is 0. The van der Waals surface area contributed by atoms with Crippen LogP contribution in [0.25, 0.3) is 0 Å². The lowest BCUT2D eigenvalue weighted by Crippen LogP contribution is -2.38. The van der Waals surface area contributed by atoms with Crippen molar-refractivity contribution >= 4 is 11.7 Å². The predicted molar refractivity (Wildman–Crippen MR) is 65.7 cm³/mol. The monoisotopic (exact) mass is 231 g/mol. The van der Waals surface area contributed by atoms with Gasteiger partial charge in [0.05, 0.1) is 0 Å². The molecule has 0 atom stereocenters. The number of amides is 1. The van der Waals surface area contributed by atoms with Gasteiger partial charge >= 0.3 is 0 Å². The Kier molecular flexibility index (Phi) is 2.59. The highest BCUT2D eigenvalue weighted by Crippen LogP contribution is 2.40. The number of pyridine rings is 1. The minimum absolute atomic E-state index is 0.194. The quantitative estimate of drug-likeness (QED) is 0.789. The van der Waals surface area contributed by atoms with Crippen LogP contribution < -0.4 is 10.2 Å². The van der Waals surface area contributed by atoms with Crippen molar-refractivity contribution in [1.82, 2.24) is 10.3 Å². The van der Waals surface area contributed by atoms with Crippen LogP contribution in [0.1, 0.15) is 19.3 Å². The van der Waals surface area contributed by atoms with Gasteiger partial charge in [0.1, 0.15) is 5.82 Å². The largest absolute Gasteiger partial charge is 0.317 e. The van der Waals surface area contributed by atoms with Crippen LogP contribution in [0.2, 0.25) is 0 Å². The minimum atomic E-state index is 0.194. The molecule has 3 rings (SSSR count). The van der Waals surface area contributed by atoms with Crippen LogP contribution in [0.4, 0.5) is 5.82 Å². The smallest absolute Gasteiger partial charge is 0.228 e. The lowest BCUT2D eigenvalue weighted by molar-refractivity contribution is -0.117. The van der Waals surface area contributed by atoms with E-state index in [1.54, 1.807) is 6.20 Å². The summed E-state index contributed by atoms with van der Waals surface area (Å²) in [7, 11) is 0. The molecule has 4 heteroatoms. The van der Waals surface area contributed by atoms with Crippen molar-refractivity contribution in [3.63, 3.8) is 0 Å². The number of nitrogens with one attached hydrogen (secondary N) is 1. The molecule has 4 nitrogen and oxygen atoms in total. The molecule has 1 amide bonds. The Balaban J connectivity index is 1.82. The summed E-state index contributed by atoms with van der Waals surface area (Å²) in [6.45, 7) is 2.90. The van der Waals surface area contributed by atoms with Gasteiger partial charge in [-0.25, -0.2) is 4.98 Å². The first-order valence-electron chi connectivity index (χ1n) is 6.21. The normalized spacial score (nSPS) is 23.3. The molecule has 90 valence electrons. The van der Waals surface area contributed by atoms with Crippen molar-refractivity contribution in [2.45, 2.75) is 19.3 Å². The van der Waals surface area contributed by atoms with Crippen molar-refractivity contribution in [3.05, 3.63) is 24.4 Å². The second-order valence-electron chi connectivity index (χ2n) is 5.09. The fourth-order valence-corrected chi connectivity index (χ4v) is 2.91. The van der Waals surface area contributed by atoms with Gasteiger partial charge in [-0.15, -0.1) is 0 Å². The SMILES string of the molecule is O=C1CC2(CCNCC2)CN1c1ccccn1. The number of hydrogen-bond donors (Lipinski definition) is 1. The third kappa shape index (κ3) is 1.93. The standard InChI is InChI=1S/C13H17N3O/c17-12-9-13(4-7-14-8-5-13)10-16(12)11-3-1-2-6-15-11/h1-3,6,14H,4-5,7-10H2. The highest BCUT2D eigenvalue weighted by atomic mass is 16.2. The highest BCUT2D eigenvalue weighted by molar-refractivity contribution is 5.95. The van der Waals surface area contributed by atoms with E-state index in [0.29, 0.717) is 6.42 Å². The van der Waals surface area contributed by atoms with Gasteiger partial charge in [0, 0.05) is 19.2 Å². The molecule has 2 saturated heterocycles. The molecular weight excluding hydrogens is 214 g/mol. The number of aromatic nitrogens is 1. The average Bonchev–Trinajstić information content (AvgIpc) is 2.68. The number of hydrogen-bond acceptors (Lipinski definition) is 3. The van der Waals surface area contributed by atoms with E-state index in [4.69, 9.17) is 0 Å². The Morgan fingerprint density at radius 3 is 2.82 bits per heavy atom. The molecule has 2 aliphatic heterocycles. The topological polar surface area (TPSA) is 45.2 Å². The molecule has 2 fully saturated rings. The molecular formula is C13H17N3O. The van der Waals surface area contributed by atoms with Gasteiger partial charge in [-0.1, -0.05) is 6.07 Å². The van der Waals surface area contributed by atoms with Crippen molar-refractivity contribution < 1.29 is 4.79 Å². The maximum Gasteiger partial charge on any atom is 0.228 e. The Hall–Kier alpha value is -1.42. The number of carbonyl (C=O) groups excluding carboxylic acids is 1. The Labute approximate surface area is 101 Å². The second kappa shape index (κ2) is 4.11. The Bertz CT molecular complexity index is 412. The van der Waals surface area contributed by atoms with Gasteiger partial charge in [0.25, 0.3) is 0 Å². The van der Waals surface area contributed by atoms with E-state index < -0.39 is 0 Å². The molecule has 0 aliphatic carbocycles. The molecule has 1 spiro atoms. The van der Waals surface area contributed by atoms with Crippen LogP contribution in [0.15, 0.2) is 24.4 Å². The molecule has 0 radical (unpaired) electrons. The summed E-state index contributed by atoms with van der Waals surface area (Å²) in [5.74, 6) is 1.03. The lowest BCUT2D eigenvalue weighted by atomic mass is 9.78. The van der Waals surface area contributed by atoms with E-state index in [1.807, 2.05) is 23.1 Å². The molecule has 3 heterocycles. The number of nitrogens with zero attached hydrogens (tertiary/aromatic N) is 2. The molecule has 1 N–H and O–H groups in total. The average molecular weight is 231 g/mol. The molecule has 1 aromatic rings. The van der Waals surface area contributed by atoms with E-state index in [2.05, 4.69) is 10.3 Å². The molecule has 1 aromatic heterocycles. The van der Waals surface area contributed by atoms with Gasteiger partial charge in [0.15, 0.2) is 0 Å². The summed E-state index contributed by atoms with van der Waals surface area (Å²) in [5, 5.41) is 3.36. The first kappa shape index (κ1) is 10.7. The number of piperidine rings is 1. The molecule has 0 aromatic carbocycles. The fourth-order valence-electron chi connectivity index (χ4n) is 2.91. The van der Waals surface area contributed by atoms with Gasteiger partial charge in [0.2, 0.25) is 5.91 Å². The van der Waals surface area contributed by atoms with Crippen LogP contribution in [-0.4, -0.2) is 30.5 Å². The molecule has 0 bridgehead atoms. The zero-order valence-corrected chi connectivity index (χ0v) is 9.85. The van der Waals surface area contributed by atoms with Gasteiger partial charge < -0.3 is 5.32 Å². The Morgan fingerprint density at radius 1 is 1.29 bits per heavy atom. The summed E-state index contributed by atoms with van der Waals surface area (Å²) in [4.78, 5) is 18.2. The van der Waals surface area contributed by atoms with Crippen LogP contribution in [-0.2, 0) is 4.79 Å². The first-order chi connectivity index (χ1) is 8.29. The molecule has 0 saturated carbocycles. The first-order valence-corrected chi connectivity index (χ1v) is 6.21. The summed E-state index contributed by atoms with van der Waals surface area (Å²) >= 11 is 0. The fraction of sp³-hybridized carbons (Fsp3) is 0.538. The van der Waals surface area contributed by atoms with E-state index in [0.717, 1.165) is 38.3 Å². The van der Waals surface area contributed by atoms with Crippen molar-refractivity contribution in [2.24, 2.45) is 5.41 Å². The van der Waals surface area contributed by atoms with Crippen LogP contribution in [0, 0.1) is 5.41 Å². The Morgan fingerprint density at radius 2 is 2.12 bits per heavy atom. The summed E-state index contributed by atoms with van der Waals surface area (Å²) in [6, 6.07) is 5.73. The van der Waals surface area contributed by atoms with E-state index in [1.165, 1.54) is 0 Å². The van der Waals surface area contributed by atoms with Gasteiger partial charge in [-0.3, -0.25) is 9.69 Å². The number of anilines is 1. The summed E-state index contributed by atoms with van der Waals surface area (Å²) in [6.07, 6.45) is 4.63. The van der Waals surface area contributed by atoms with Crippen LogP contribution >= 0.6 is 0 Å². The lowest BCUT2D eigenvalue weighted by Gasteiger charge is -2.32. The number of rotatable bonds is 1. The minimum Gasteiger partial charge on any atom is -0.317 e. The second-order valence-corrected chi connectivity index (χ2v) is 5.09. The van der Waals surface area contributed by atoms with Gasteiger partial charge in [-0.2, -0.15) is 0 Å². The third-order valence-electron chi connectivity index (χ3n) is 3.91. The van der Waals surface area contributed by atoms with Crippen LogP contribution in [0.5, 0.6) is 0 Å². The molecule has 17 heavy (non-hydrogen) atoms. The van der Waals surface area contributed by atoms with E-state index >= 15 is 0 Å². The van der Waals surface area contributed by atoms with E-state index in [9.17, 15) is 4.79 Å². The molecule has 0 unspecified atom stereocenters. The maximum absolute atomic E-state index is 12.1. The van der Waals surface area contributed by atoms with Crippen molar-refractivity contribution in [1.29, 1.82) is 0 Å². The van der Waals surface area contributed by atoms with E-state index in [-0.39, 0.29) is 11.3 Å². The van der Waals surface area contributed by atoms with Gasteiger partial charge in [-0.05, 0) is 43.5 Å². The van der Waals surface area contributed by atoms with Crippen molar-refractivity contribution in [2.75, 3.05) is 24.5 Å². The van der Waals surface area contributed by atoms with Crippen molar-refractivity contribution in [3.8, 4) is 0 Å². The molecule has 2 aliphatic rings. The summed E-state index contributed by atoms with van der Waals surface area (Å²) in [5.41, 5.74) is 0.194. The maximum atomic E-state index is 12.1. The zero-order valence-electron chi connectivity index (χ0n) is 9.85. The number of carbonyl (C=O) groups is 1. The zero-order chi connectivity index (χ0) is 11.7. The third-order valence-corrected chi connectivity index (χ3v) is 3.91. The van der Waals surface area contributed by atoms with Crippen LogP contribution in [0.3, 0.4) is 0 Å². The predicted octanol–water partition coefficient (Wildman–Crippen LogP) is 1.19. The highest BCUT2D eigenvalue weighted by Gasteiger charge is 2.44.